The molecule has 0 spiro atoms. The van der Waals surface area contributed by atoms with E-state index in [2.05, 4.69) is 0 Å². The minimum atomic E-state index is -1.01. The van der Waals surface area contributed by atoms with Gasteiger partial charge in [-0.15, -0.1) is 0 Å². The highest BCUT2D eigenvalue weighted by Crippen LogP contribution is 2.20. The van der Waals surface area contributed by atoms with Crippen LogP contribution in [0.25, 0.3) is 0 Å². The summed E-state index contributed by atoms with van der Waals surface area (Å²) in [4.78, 5) is 10.6. The predicted molar refractivity (Wildman–Crippen MR) is 43.1 cm³/mol. The van der Waals surface area contributed by atoms with Crippen molar-refractivity contribution >= 4 is 17.6 Å². The Morgan fingerprint density at radius 2 is 2.42 bits per heavy atom. The highest BCUT2D eigenvalue weighted by atomic mass is 35.5. The third kappa shape index (κ3) is 1.78. The molecule has 0 saturated carbocycles. The van der Waals surface area contributed by atoms with E-state index in [1.54, 1.807) is 0 Å². The van der Waals surface area contributed by atoms with E-state index >= 15 is 0 Å². The molecule has 1 unspecified atom stereocenters. The SMILES string of the molecule is NCC(C(=O)O)c1ccc(Cl)o1. The number of carbonyl (C=O) groups is 1. The number of carboxylic acids is 1. The van der Waals surface area contributed by atoms with Gasteiger partial charge in [-0.25, -0.2) is 0 Å². The molecule has 0 fully saturated rings. The first-order valence-corrected chi connectivity index (χ1v) is 3.71. The van der Waals surface area contributed by atoms with E-state index in [1.165, 1.54) is 12.1 Å². The molecule has 1 atom stereocenters. The van der Waals surface area contributed by atoms with Crippen LogP contribution < -0.4 is 5.73 Å². The van der Waals surface area contributed by atoms with Gasteiger partial charge in [-0.3, -0.25) is 4.79 Å². The Labute approximate surface area is 73.9 Å². The Morgan fingerprint density at radius 3 is 2.75 bits per heavy atom. The van der Waals surface area contributed by atoms with Crippen molar-refractivity contribution in [2.24, 2.45) is 5.73 Å². The molecule has 0 aromatic carbocycles. The maximum atomic E-state index is 10.6. The number of aliphatic carboxylic acids is 1. The number of rotatable bonds is 3. The Hall–Kier alpha value is -1.00. The number of furan rings is 1. The average Bonchev–Trinajstić information content (AvgIpc) is 2.37. The lowest BCUT2D eigenvalue weighted by atomic mass is 10.1. The molecule has 0 saturated heterocycles. The van der Waals surface area contributed by atoms with E-state index in [4.69, 9.17) is 26.9 Å². The summed E-state index contributed by atoms with van der Waals surface area (Å²) in [6, 6.07) is 3.00. The van der Waals surface area contributed by atoms with E-state index in [1.807, 2.05) is 0 Å². The van der Waals surface area contributed by atoms with Gasteiger partial charge in [0.25, 0.3) is 0 Å². The number of nitrogens with two attached hydrogens (primary N) is 1. The van der Waals surface area contributed by atoms with Crippen molar-refractivity contribution in [1.29, 1.82) is 0 Å². The number of hydrogen-bond acceptors (Lipinski definition) is 3. The molecule has 3 N–H and O–H groups in total. The van der Waals surface area contributed by atoms with Crippen LogP contribution in [-0.2, 0) is 4.79 Å². The first-order valence-electron chi connectivity index (χ1n) is 3.33. The van der Waals surface area contributed by atoms with Crippen molar-refractivity contribution in [3.05, 3.63) is 23.1 Å². The van der Waals surface area contributed by atoms with Crippen molar-refractivity contribution < 1.29 is 14.3 Å². The Kier molecular flexibility index (Phi) is 2.73. The summed E-state index contributed by atoms with van der Waals surface area (Å²) >= 11 is 5.47. The van der Waals surface area contributed by atoms with E-state index in [9.17, 15) is 4.79 Å². The maximum absolute atomic E-state index is 10.6. The largest absolute Gasteiger partial charge is 0.481 e. The molecule has 12 heavy (non-hydrogen) atoms. The van der Waals surface area contributed by atoms with Crippen LogP contribution in [0.1, 0.15) is 11.7 Å². The van der Waals surface area contributed by atoms with Crippen molar-refractivity contribution in [3.8, 4) is 0 Å². The van der Waals surface area contributed by atoms with Gasteiger partial charge in [-0.05, 0) is 23.7 Å². The lowest BCUT2D eigenvalue weighted by Gasteiger charge is -2.04. The average molecular weight is 190 g/mol. The van der Waals surface area contributed by atoms with E-state index in [-0.39, 0.29) is 17.5 Å². The molecule has 0 radical (unpaired) electrons. The summed E-state index contributed by atoms with van der Waals surface area (Å²) in [6.45, 7) is -0.000818. The molecule has 66 valence electrons. The van der Waals surface area contributed by atoms with Crippen molar-refractivity contribution in [2.75, 3.05) is 6.54 Å². The topological polar surface area (TPSA) is 76.5 Å². The van der Waals surface area contributed by atoms with Gasteiger partial charge in [0, 0.05) is 6.54 Å². The minimum absolute atomic E-state index is 0.000818. The van der Waals surface area contributed by atoms with Crippen LogP contribution in [-0.4, -0.2) is 17.6 Å². The molecule has 0 bridgehead atoms. The second-order valence-electron chi connectivity index (χ2n) is 2.27. The zero-order valence-corrected chi connectivity index (χ0v) is 6.91. The lowest BCUT2D eigenvalue weighted by Crippen LogP contribution is -2.20. The van der Waals surface area contributed by atoms with Gasteiger partial charge in [0.1, 0.15) is 11.7 Å². The second-order valence-corrected chi connectivity index (χ2v) is 2.64. The van der Waals surface area contributed by atoms with Gasteiger partial charge < -0.3 is 15.3 Å². The van der Waals surface area contributed by atoms with Crippen molar-refractivity contribution in [3.63, 3.8) is 0 Å². The normalized spacial score (nSPS) is 12.8. The van der Waals surface area contributed by atoms with Gasteiger partial charge in [0.2, 0.25) is 0 Å². The second kappa shape index (κ2) is 3.60. The molecule has 1 aromatic rings. The zero-order chi connectivity index (χ0) is 9.14. The van der Waals surface area contributed by atoms with Gasteiger partial charge in [0.05, 0.1) is 0 Å². The summed E-state index contributed by atoms with van der Waals surface area (Å²) < 4.78 is 4.90. The van der Waals surface area contributed by atoms with Gasteiger partial charge >= 0.3 is 5.97 Å². The fourth-order valence-corrected chi connectivity index (χ4v) is 1.01. The number of halogens is 1. The zero-order valence-electron chi connectivity index (χ0n) is 6.16. The highest BCUT2D eigenvalue weighted by molar-refractivity contribution is 6.28. The standard InChI is InChI=1S/C7H8ClNO3/c8-6-2-1-5(12-6)4(3-9)7(10)11/h1-2,4H,3,9H2,(H,10,11). The van der Waals surface area contributed by atoms with Gasteiger partial charge in [-0.1, -0.05) is 0 Å². The summed E-state index contributed by atoms with van der Waals surface area (Å²) in [5, 5.41) is 8.82. The molecular weight excluding hydrogens is 182 g/mol. The Balaban J connectivity index is 2.87. The fourth-order valence-electron chi connectivity index (χ4n) is 0.854. The monoisotopic (exact) mass is 189 g/mol. The van der Waals surface area contributed by atoms with E-state index < -0.39 is 11.9 Å². The molecule has 0 aliphatic rings. The molecule has 1 aromatic heterocycles. The van der Waals surface area contributed by atoms with Gasteiger partial charge in [-0.2, -0.15) is 0 Å². The smallest absolute Gasteiger partial charge is 0.315 e. The molecule has 0 amide bonds. The third-order valence-electron chi connectivity index (χ3n) is 1.47. The molecule has 0 aliphatic heterocycles. The summed E-state index contributed by atoms with van der Waals surface area (Å²) in [5.41, 5.74) is 5.23. The highest BCUT2D eigenvalue weighted by Gasteiger charge is 2.21. The first-order chi connectivity index (χ1) is 5.65. The number of carboxylic acid groups (broad SMARTS) is 1. The Bertz CT molecular complexity index is 284. The molecule has 1 rings (SSSR count). The maximum Gasteiger partial charge on any atom is 0.315 e. The fraction of sp³-hybridized carbons (Fsp3) is 0.286. The van der Waals surface area contributed by atoms with Crippen LogP contribution in [0, 0.1) is 0 Å². The first kappa shape index (κ1) is 9.09. The van der Waals surface area contributed by atoms with Crippen LogP contribution in [0.3, 0.4) is 0 Å². The summed E-state index contributed by atoms with van der Waals surface area (Å²) in [6.07, 6.45) is 0. The molecule has 1 heterocycles. The van der Waals surface area contributed by atoms with Crippen LogP contribution in [0.2, 0.25) is 5.22 Å². The molecule has 4 nitrogen and oxygen atoms in total. The lowest BCUT2D eigenvalue weighted by molar-refractivity contribution is -0.138. The third-order valence-corrected chi connectivity index (χ3v) is 1.67. The van der Waals surface area contributed by atoms with Crippen molar-refractivity contribution in [1.82, 2.24) is 0 Å². The van der Waals surface area contributed by atoms with Gasteiger partial charge in [0.15, 0.2) is 5.22 Å². The van der Waals surface area contributed by atoms with Crippen LogP contribution in [0.15, 0.2) is 16.5 Å². The minimum Gasteiger partial charge on any atom is -0.481 e. The quantitative estimate of drug-likeness (QED) is 0.746. The molecule has 0 aliphatic carbocycles. The van der Waals surface area contributed by atoms with Crippen LogP contribution in [0.5, 0.6) is 0 Å². The Morgan fingerprint density at radius 1 is 1.75 bits per heavy atom. The van der Waals surface area contributed by atoms with E-state index in [0.29, 0.717) is 0 Å². The van der Waals surface area contributed by atoms with Crippen molar-refractivity contribution in [2.45, 2.75) is 5.92 Å². The predicted octanol–water partition coefficient (Wildman–Crippen LogP) is 1.06. The van der Waals surface area contributed by atoms with E-state index in [0.717, 1.165) is 0 Å². The summed E-state index contributed by atoms with van der Waals surface area (Å²) in [5.74, 6) is -1.53. The molecular formula is C7H8ClNO3. The number of hydrogen-bond donors (Lipinski definition) is 2. The molecule has 5 heteroatoms. The summed E-state index contributed by atoms with van der Waals surface area (Å²) in [7, 11) is 0. The van der Waals surface area contributed by atoms with Crippen LogP contribution >= 0.6 is 11.6 Å². The van der Waals surface area contributed by atoms with Crippen LogP contribution in [0.4, 0.5) is 0 Å².